The van der Waals surface area contributed by atoms with E-state index in [1.54, 1.807) is 11.0 Å². The number of aliphatic imine (C=N–C) groups is 1. The second-order valence-electron chi connectivity index (χ2n) is 4.23. The van der Waals surface area contributed by atoms with Gasteiger partial charge in [0.15, 0.2) is 5.96 Å². The molecule has 1 aromatic heterocycles. The van der Waals surface area contributed by atoms with E-state index < -0.39 is 0 Å². The van der Waals surface area contributed by atoms with Gasteiger partial charge in [0.25, 0.3) is 0 Å². The van der Waals surface area contributed by atoms with Crippen molar-refractivity contribution in [1.82, 2.24) is 25.4 Å². The van der Waals surface area contributed by atoms with Crippen LogP contribution in [0, 0.1) is 0 Å². The zero-order valence-corrected chi connectivity index (χ0v) is 14.6. The number of guanidine groups is 1. The maximum absolute atomic E-state index is 4.53. The zero-order chi connectivity index (χ0) is 14.2. The van der Waals surface area contributed by atoms with Crippen molar-refractivity contribution in [2.75, 3.05) is 13.1 Å². The molecule has 6 nitrogen and oxygen atoms in total. The molecule has 0 amide bonds. The van der Waals surface area contributed by atoms with Crippen molar-refractivity contribution >= 4 is 29.9 Å². The fraction of sp³-hybridized carbons (Fsp3) is 0.357. The molecule has 0 fully saturated rings. The highest BCUT2D eigenvalue weighted by Gasteiger charge is 1.98. The first-order valence-electron chi connectivity index (χ1n) is 6.79. The Bertz CT molecular complexity index is 527. The predicted molar refractivity (Wildman–Crippen MR) is 95.3 cm³/mol. The van der Waals surface area contributed by atoms with Gasteiger partial charge in [-0.1, -0.05) is 12.1 Å². The highest BCUT2D eigenvalue weighted by atomic mass is 127. The number of nitrogens with one attached hydrogen (secondary N) is 2. The molecule has 1 aromatic carbocycles. The molecule has 2 aromatic rings. The van der Waals surface area contributed by atoms with Gasteiger partial charge in [0.1, 0.15) is 12.7 Å². The van der Waals surface area contributed by atoms with E-state index in [1.807, 2.05) is 12.1 Å². The number of aromatic nitrogens is 3. The number of rotatable bonds is 5. The average Bonchev–Trinajstić information content (AvgIpc) is 3.00. The molecular formula is C14H21IN6. The first kappa shape index (κ1) is 17.4. The molecule has 0 aliphatic heterocycles. The molecular weight excluding hydrogens is 379 g/mol. The Morgan fingerprint density at radius 3 is 2.33 bits per heavy atom. The molecule has 0 spiro atoms. The lowest BCUT2D eigenvalue weighted by Gasteiger charge is -2.09. The van der Waals surface area contributed by atoms with E-state index in [9.17, 15) is 0 Å². The van der Waals surface area contributed by atoms with Crippen LogP contribution in [0.3, 0.4) is 0 Å². The molecule has 21 heavy (non-hydrogen) atoms. The Kier molecular flexibility index (Phi) is 7.73. The molecule has 7 heteroatoms. The van der Waals surface area contributed by atoms with E-state index in [2.05, 4.69) is 51.7 Å². The number of nitrogens with zero attached hydrogens (tertiary/aromatic N) is 4. The minimum Gasteiger partial charge on any atom is -0.357 e. The summed E-state index contributed by atoms with van der Waals surface area (Å²) in [6.07, 6.45) is 3.21. The summed E-state index contributed by atoms with van der Waals surface area (Å²) in [4.78, 5) is 8.46. The minimum absolute atomic E-state index is 0. The summed E-state index contributed by atoms with van der Waals surface area (Å²) in [5, 5.41) is 10.5. The number of hydrogen-bond acceptors (Lipinski definition) is 3. The molecule has 0 radical (unpaired) electrons. The number of benzene rings is 1. The van der Waals surface area contributed by atoms with Crippen LogP contribution in [-0.2, 0) is 6.54 Å². The summed E-state index contributed by atoms with van der Waals surface area (Å²) in [5.41, 5.74) is 2.15. The van der Waals surface area contributed by atoms with Crippen LogP contribution in [-0.4, -0.2) is 33.8 Å². The van der Waals surface area contributed by atoms with Crippen LogP contribution in [0.5, 0.6) is 0 Å². The fourth-order valence-electron chi connectivity index (χ4n) is 1.78. The Hall–Kier alpha value is -1.64. The van der Waals surface area contributed by atoms with Gasteiger partial charge in [-0.2, -0.15) is 5.10 Å². The van der Waals surface area contributed by atoms with Crippen LogP contribution in [0.4, 0.5) is 0 Å². The highest BCUT2D eigenvalue weighted by Crippen LogP contribution is 2.08. The second kappa shape index (κ2) is 9.32. The standard InChI is InChI=1S/C14H20N6.HI/c1-3-16-14(17-4-2)18-9-12-5-7-13(8-6-12)20-11-15-10-19-20;/h5-8,10-11H,3-4,9H2,1-2H3,(H2,16,17,18);1H. The van der Waals surface area contributed by atoms with Crippen LogP contribution in [0.15, 0.2) is 41.9 Å². The molecule has 0 aliphatic rings. The van der Waals surface area contributed by atoms with Crippen molar-refractivity contribution < 1.29 is 0 Å². The van der Waals surface area contributed by atoms with Crippen LogP contribution >= 0.6 is 24.0 Å². The van der Waals surface area contributed by atoms with E-state index in [-0.39, 0.29) is 24.0 Å². The molecule has 2 rings (SSSR count). The smallest absolute Gasteiger partial charge is 0.191 e. The quantitative estimate of drug-likeness (QED) is 0.458. The lowest BCUT2D eigenvalue weighted by atomic mass is 10.2. The molecule has 0 bridgehead atoms. The number of hydrogen-bond donors (Lipinski definition) is 2. The normalized spacial score (nSPS) is 9.62. The third-order valence-corrected chi connectivity index (χ3v) is 2.73. The van der Waals surface area contributed by atoms with Crippen LogP contribution < -0.4 is 10.6 Å². The van der Waals surface area contributed by atoms with Gasteiger partial charge in [-0.05, 0) is 31.5 Å². The van der Waals surface area contributed by atoms with Gasteiger partial charge >= 0.3 is 0 Å². The SMILES string of the molecule is CCNC(=NCc1ccc(-n2cncn2)cc1)NCC.I. The summed E-state index contributed by atoms with van der Waals surface area (Å²) in [7, 11) is 0. The first-order valence-corrected chi connectivity index (χ1v) is 6.79. The van der Waals surface area contributed by atoms with Crippen molar-refractivity contribution in [1.29, 1.82) is 0 Å². The third-order valence-electron chi connectivity index (χ3n) is 2.73. The lowest BCUT2D eigenvalue weighted by Crippen LogP contribution is -2.36. The van der Waals surface area contributed by atoms with Crippen molar-refractivity contribution in [3.63, 3.8) is 0 Å². The summed E-state index contributed by atoms with van der Waals surface area (Å²) in [5.74, 6) is 0.843. The average molecular weight is 400 g/mol. The van der Waals surface area contributed by atoms with Crippen molar-refractivity contribution in [2.45, 2.75) is 20.4 Å². The highest BCUT2D eigenvalue weighted by molar-refractivity contribution is 14.0. The minimum atomic E-state index is 0. The molecule has 2 N–H and O–H groups in total. The molecule has 0 unspecified atom stereocenters. The molecule has 114 valence electrons. The number of halogens is 1. The van der Waals surface area contributed by atoms with Gasteiger partial charge in [0.05, 0.1) is 12.2 Å². The lowest BCUT2D eigenvalue weighted by molar-refractivity contribution is 0.838. The summed E-state index contributed by atoms with van der Waals surface area (Å²) < 4.78 is 1.73. The van der Waals surface area contributed by atoms with E-state index in [0.717, 1.165) is 30.3 Å². The van der Waals surface area contributed by atoms with Gasteiger partial charge < -0.3 is 10.6 Å². The third kappa shape index (κ3) is 5.33. The van der Waals surface area contributed by atoms with Crippen LogP contribution in [0.2, 0.25) is 0 Å². The summed E-state index contributed by atoms with van der Waals surface area (Å²) >= 11 is 0. The maximum Gasteiger partial charge on any atom is 0.191 e. The maximum atomic E-state index is 4.53. The van der Waals surface area contributed by atoms with E-state index in [1.165, 1.54) is 6.33 Å². The van der Waals surface area contributed by atoms with Gasteiger partial charge in [0, 0.05) is 13.1 Å². The molecule has 1 heterocycles. The molecule has 0 saturated heterocycles. The van der Waals surface area contributed by atoms with Crippen molar-refractivity contribution in [3.05, 3.63) is 42.5 Å². The van der Waals surface area contributed by atoms with Gasteiger partial charge in [-0.15, -0.1) is 24.0 Å². The van der Waals surface area contributed by atoms with Gasteiger partial charge in [-0.25, -0.2) is 14.7 Å². The Morgan fingerprint density at radius 2 is 1.81 bits per heavy atom. The Balaban J connectivity index is 0.00000220. The predicted octanol–water partition coefficient (Wildman–Crippen LogP) is 1.96. The largest absolute Gasteiger partial charge is 0.357 e. The first-order chi connectivity index (χ1) is 9.83. The van der Waals surface area contributed by atoms with Gasteiger partial charge in [-0.3, -0.25) is 0 Å². The molecule has 0 aliphatic carbocycles. The Labute approximate surface area is 142 Å². The molecule has 0 atom stereocenters. The Morgan fingerprint density at radius 1 is 1.14 bits per heavy atom. The van der Waals surface area contributed by atoms with Crippen molar-refractivity contribution in [2.24, 2.45) is 4.99 Å². The second-order valence-corrected chi connectivity index (χ2v) is 4.23. The van der Waals surface area contributed by atoms with E-state index in [0.29, 0.717) is 6.54 Å². The topological polar surface area (TPSA) is 67.1 Å². The van der Waals surface area contributed by atoms with Crippen LogP contribution in [0.1, 0.15) is 19.4 Å². The van der Waals surface area contributed by atoms with Crippen LogP contribution in [0.25, 0.3) is 5.69 Å². The fourth-order valence-corrected chi connectivity index (χ4v) is 1.78. The zero-order valence-electron chi connectivity index (χ0n) is 12.3. The molecule has 0 saturated carbocycles. The van der Waals surface area contributed by atoms with E-state index >= 15 is 0 Å². The van der Waals surface area contributed by atoms with Crippen molar-refractivity contribution in [3.8, 4) is 5.69 Å². The monoisotopic (exact) mass is 400 g/mol. The summed E-state index contributed by atoms with van der Waals surface area (Å²) in [6, 6.07) is 8.13. The van der Waals surface area contributed by atoms with E-state index in [4.69, 9.17) is 0 Å². The summed E-state index contributed by atoms with van der Waals surface area (Å²) in [6.45, 7) is 6.47. The van der Waals surface area contributed by atoms with Gasteiger partial charge in [0.2, 0.25) is 0 Å².